The Hall–Kier alpha value is -2.08. The van der Waals surface area contributed by atoms with Gasteiger partial charge in [0.1, 0.15) is 5.54 Å². The summed E-state index contributed by atoms with van der Waals surface area (Å²) in [5.41, 5.74) is 1.08. The average Bonchev–Trinajstić information content (AvgIpc) is 2.64. The van der Waals surface area contributed by atoms with Crippen LogP contribution in [-0.2, 0) is 9.53 Å². The standard InChI is InChI=1S/C19H27N3O3/c1-15-5-7-16(8-6-15)20-18(24)21-19(9-3-2-4-10-19)17(23)22-11-13-25-14-12-22/h5-8H,2-4,9-14H2,1H3,(H2,20,21,24). The lowest BCUT2D eigenvalue weighted by molar-refractivity contribution is -0.143. The largest absolute Gasteiger partial charge is 0.378 e. The molecule has 6 nitrogen and oxygen atoms in total. The van der Waals surface area contributed by atoms with E-state index in [0.29, 0.717) is 39.1 Å². The Morgan fingerprint density at radius 3 is 2.32 bits per heavy atom. The fourth-order valence-corrected chi connectivity index (χ4v) is 3.63. The van der Waals surface area contributed by atoms with Crippen molar-refractivity contribution in [3.05, 3.63) is 29.8 Å². The molecule has 1 saturated carbocycles. The number of hydrogen-bond donors (Lipinski definition) is 2. The Bertz CT molecular complexity index is 603. The molecule has 1 heterocycles. The van der Waals surface area contributed by atoms with Gasteiger partial charge < -0.3 is 20.3 Å². The van der Waals surface area contributed by atoms with E-state index in [2.05, 4.69) is 10.6 Å². The number of hydrogen-bond acceptors (Lipinski definition) is 3. The van der Waals surface area contributed by atoms with Crippen molar-refractivity contribution in [1.82, 2.24) is 10.2 Å². The maximum atomic E-state index is 13.1. The van der Waals surface area contributed by atoms with Crippen LogP contribution in [-0.4, -0.2) is 48.7 Å². The fourth-order valence-electron chi connectivity index (χ4n) is 3.63. The number of urea groups is 1. The molecule has 136 valence electrons. The summed E-state index contributed by atoms with van der Waals surface area (Å²) in [7, 11) is 0. The molecule has 1 aliphatic carbocycles. The quantitative estimate of drug-likeness (QED) is 0.885. The summed E-state index contributed by atoms with van der Waals surface area (Å²) in [6.45, 7) is 4.33. The molecule has 0 spiro atoms. The van der Waals surface area contributed by atoms with E-state index in [1.165, 1.54) is 0 Å². The van der Waals surface area contributed by atoms with Crippen LogP contribution in [0.5, 0.6) is 0 Å². The molecule has 3 amide bonds. The van der Waals surface area contributed by atoms with E-state index in [9.17, 15) is 9.59 Å². The average molecular weight is 345 g/mol. The van der Waals surface area contributed by atoms with Crippen LogP contribution in [0.2, 0.25) is 0 Å². The number of anilines is 1. The minimum absolute atomic E-state index is 0.0366. The van der Waals surface area contributed by atoms with Crippen LogP contribution in [0.4, 0.5) is 10.5 Å². The van der Waals surface area contributed by atoms with Crippen LogP contribution >= 0.6 is 0 Å². The Morgan fingerprint density at radius 2 is 1.68 bits per heavy atom. The van der Waals surface area contributed by atoms with E-state index in [-0.39, 0.29) is 11.9 Å². The number of aryl methyl sites for hydroxylation is 1. The van der Waals surface area contributed by atoms with Gasteiger partial charge in [0.2, 0.25) is 5.91 Å². The summed E-state index contributed by atoms with van der Waals surface area (Å²) < 4.78 is 5.35. The van der Waals surface area contributed by atoms with Crippen molar-refractivity contribution in [3.63, 3.8) is 0 Å². The first-order valence-corrected chi connectivity index (χ1v) is 9.12. The van der Waals surface area contributed by atoms with Gasteiger partial charge in [-0.3, -0.25) is 4.79 Å². The minimum atomic E-state index is -0.787. The Kier molecular flexibility index (Phi) is 5.58. The first-order valence-electron chi connectivity index (χ1n) is 9.12. The smallest absolute Gasteiger partial charge is 0.320 e. The van der Waals surface area contributed by atoms with Gasteiger partial charge in [0.15, 0.2) is 0 Å². The van der Waals surface area contributed by atoms with E-state index >= 15 is 0 Å². The topological polar surface area (TPSA) is 70.7 Å². The summed E-state index contributed by atoms with van der Waals surface area (Å²) in [6, 6.07) is 7.32. The van der Waals surface area contributed by atoms with Crippen LogP contribution in [0.25, 0.3) is 0 Å². The molecular weight excluding hydrogens is 318 g/mol. The monoisotopic (exact) mass is 345 g/mol. The molecule has 2 N–H and O–H groups in total. The molecule has 2 fully saturated rings. The highest BCUT2D eigenvalue weighted by atomic mass is 16.5. The summed E-state index contributed by atoms with van der Waals surface area (Å²) >= 11 is 0. The molecule has 1 aromatic rings. The zero-order valence-electron chi connectivity index (χ0n) is 14.8. The highest BCUT2D eigenvalue weighted by Crippen LogP contribution is 2.30. The SMILES string of the molecule is Cc1ccc(NC(=O)NC2(C(=O)N3CCOCC3)CCCCC2)cc1. The maximum Gasteiger partial charge on any atom is 0.320 e. The van der Waals surface area contributed by atoms with Crippen molar-refractivity contribution in [1.29, 1.82) is 0 Å². The van der Waals surface area contributed by atoms with Gasteiger partial charge in [0.05, 0.1) is 13.2 Å². The summed E-state index contributed by atoms with van der Waals surface area (Å²) in [6.07, 6.45) is 4.43. The summed E-state index contributed by atoms with van der Waals surface area (Å²) in [5.74, 6) is 0.0366. The second-order valence-electron chi connectivity index (χ2n) is 6.99. The summed E-state index contributed by atoms with van der Waals surface area (Å²) in [5, 5.41) is 5.86. The lowest BCUT2D eigenvalue weighted by atomic mass is 9.80. The Labute approximate surface area is 148 Å². The normalized spacial score (nSPS) is 20.0. The summed E-state index contributed by atoms with van der Waals surface area (Å²) in [4.78, 5) is 27.5. The van der Waals surface area contributed by atoms with Gasteiger partial charge in [0.25, 0.3) is 0 Å². The van der Waals surface area contributed by atoms with Gasteiger partial charge in [-0.05, 0) is 31.9 Å². The number of ether oxygens (including phenoxy) is 1. The number of benzene rings is 1. The van der Waals surface area contributed by atoms with Crippen LogP contribution in [0.1, 0.15) is 37.7 Å². The van der Waals surface area contributed by atoms with E-state index in [0.717, 1.165) is 30.5 Å². The second-order valence-corrected chi connectivity index (χ2v) is 6.99. The first-order chi connectivity index (χ1) is 12.1. The molecule has 25 heavy (non-hydrogen) atoms. The predicted octanol–water partition coefficient (Wildman–Crippen LogP) is 2.68. The molecule has 1 saturated heterocycles. The van der Waals surface area contributed by atoms with Gasteiger partial charge in [-0.2, -0.15) is 0 Å². The van der Waals surface area contributed by atoms with E-state index in [1.54, 1.807) is 0 Å². The molecule has 1 aliphatic heterocycles. The molecule has 0 atom stereocenters. The number of amides is 3. The van der Waals surface area contributed by atoms with Crippen LogP contribution in [0.3, 0.4) is 0 Å². The zero-order valence-corrected chi connectivity index (χ0v) is 14.8. The number of rotatable bonds is 3. The van der Waals surface area contributed by atoms with Gasteiger partial charge in [0, 0.05) is 18.8 Å². The highest BCUT2D eigenvalue weighted by molar-refractivity contribution is 5.96. The lowest BCUT2D eigenvalue weighted by Crippen LogP contribution is -2.62. The molecule has 0 unspecified atom stereocenters. The lowest BCUT2D eigenvalue weighted by Gasteiger charge is -2.41. The Balaban J connectivity index is 1.70. The number of carbonyl (C=O) groups excluding carboxylic acids is 2. The number of nitrogens with one attached hydrogen (secondary N) is 2. The number of nitrogens with zero attached hydrogens (tertiary/aromatic N) is 1. The molecule has 2 aliphatic rings. The van der Waals surface area contributed by atoms with Crippen molar-refractivity contribution >= 4 is 17.6 Å². The van der Waals surface area contributed by atoms with Crippen LogP contribution in [0, 0.1) is 6.92 Å². The van der Waals surface area contributed by atoms with Crippen molar-refractivity contribution in [2.75, 3.05) is 31.6 Å². The molecule has 3 rings (SSSR count). The van der Waals surface area contributed by atoms with E-state index < -0.39 is 5.54 Å². The molecule has 0 aromatic heterocycles. The van der Waals surface area contributed by atoms with E-state index in [4.69, 9.17) is 4.74 Å². The molecule has 0 radical (unpaired) electrons. The Morgan fingerprint density at radius 1 is 1.04 bits per heavy atom. The van der Waals surface area contributed by atoms with Crippen LogP contribution < -0.4 is 10.6 Å². The first kappa shape index (κ1) is 17.7. The predicted molar refractivity (Wildman–Crippen MR) is 96.5 cm³/mol. The van der Waals surface area contributed by atoms with E-state index in [1.807, 2.05) is 36.1 Å². The minimum Gasteiger partial charge on any atom is -0.378 e. The number of carbonyl (C=O) groups is 2. The van der Waals surface area contributed by atoms with Crippen molar-refractivity contribution in [3.8, 4) is 0 Å². The molecule has 6 heteroatoms. The fraction of sp³-hybridized carbons (Fsp3) is 0.579. The van der Waals surface area contributed by atoms with Gasteiger partial charge in [-0.1, -0.05) is 37.0 Å². The van der Waals surface area contributed by atoms with Crippen molar-refractivity contribution in [2.45, 2.75) is 44.6 Å². The van der Waals surface area contributed by atoms with Crippen molar-refractivity contribution in [2.24, 2.45) is 0 Å². The highest BCUT2D eigenvalue weighted by Gasteiger charge is 2.43. The van der Waals surface area contributed by atoms with Gasteiger partial charge in [-0.15, -0.1) is 0 Å². The van der Waals surface area contributed by atoms with Crippen LogP contribution in [0.15, 0.2) is 24.3 Å². The van der Waals surface area contributed by atoms with Gasteiger partial charge in [-0.25, -0.2) is 4.79 Å². The third kappa shape index (κ3) is 4.31. The second kappa shape index (κ2) is 7.87. The molecular formula is C19H27N3O3. The third-order valence-electron chi connectivity index (χ3n) is 5.08. The zero-order chi connectivity index (χ0) is 17.7. The maximum absolute atomic E-state index is 13.1. The number of morpholine rings is 1. The molecule has 0 bridgehead atoms. The van der Waals surface area contributed by atoms with Crippen molar-refractivity contribution < 1.29 is 14.3 Å². The van der Waals surface area contributed by atoms with Gasteiger partial charge >= 0.3 is 6.03 Å². The molecule has 1 aromatic carbocycles. The third-order valence-corrected chi connectivity index (χ3v) is 5.08.